The molecule has 6 heteroatoms. The number of nitrogens with zero attached hydrogens (tertiary/aromatic N) is 3. The number of nitrogens with one attached hydrogen (secondary N) is 1. The van der Waals surface area contributed by atoms with Gasteiger partial charge in [0.25, 0.3) is 5.56 Å². The minimum Gasteiger partial charge on any atom is -0.324 e. The van der Waals surface area contributed by atoms with Crippen molar-refractivity contribution < 1.29 is 4.79 Å². The van der Waals surface area contributed by atoms with Crippen molar-refractivity contribution >= 4 is 11.6 Å². The van der Waals surface area contributed by atoms with Crippen LogP contribution in [0.15, 0.2) is 53.3 Å². The second kappa shape index (κ2) is 8.34. The predicted octanol–water partition coefficient (Wildman–Crippen LogP) is 3.61. The fourth-order valence-electron chi connectivity index (χ4n) is 3.84. The van der Waals surface area contributed by atoms with Gasteiger partial charge in [0.15, 0.2) is 0 Å². The first-order chi connectivity index (χ1) is 14.5. The summed E-state index contributed by atoms with van der Waals surface area (Å²) in [7, 11) is 0. The lowest BCUT2D eigenvalue weighted by molar-refractivity contribution is -0.117. The molecule has 1 N–H and O–H groups in total. The average Bonchev–Trinajstić information content (AvgIpc) is 2.76. The molecule has 0 spiro atoms. The van der Waals surface area contributed by atoms with E-state index in [0.717, 1.165) is 47.2 Å². The van der Waals surface area contributed by atoms with Crippen LogP contribution in [0.2, 0.25) is 0 Å². The second-order valence-electron chi connectivity index (χ2n) is 7.58. The van der Waals surface area contributed by atoms with Crippen molar-refractivity contribution in [1.82, 2.24) is 9.78 Å². The van der Waals surface area contributed by atoms with Gasteiger partial charge in [-0.05, 0) is 56.4 Å². The molecule has 1 amide bonds. The van der Waals surface area contributed by atoms with E-state index in [9.17, 15) is 9.59 Å². The number of hydrogen-bond donors (Lipinski definition) is 1. The lowest BCUT2D eigenvalue weighted by Crippen LogP contribution is -2.34. The minimum absolute atomic E-state index is 0.179. The standard InChI is InChI=1S/C24H22N4O2/c1-16-9-11-18(12-10-16)23-20-7-2-3-8-21(20)24(30)28(27-23)15-22(29)26-19-6-4-5-17(13-19)14-25/h4-6,9-13H,2-3,7-8,15H2,1H3,(H,26,29). The van der Waals surface area contributed by atoms with Crippen molar-refractivity contribution in [3.8, 4) is 17.3 Å². The molecule has 4 rings (SSSR count). The van der Waals surface area contributed by atoms with Gasteiger partial charge in [-0.1, -0.05) is 35.9 Å². The molecule has 0 saturated carbocycles. The van der Waals surface area contributed by atoms with E-state index in [-0.39, 0.29) is 18.0 Å². The molecule has 1 heterocycles. The van der Waals surface area contributed by atoms with E-state index in [4.69, 9.17) is 5.26 Å². The third kappa shape index (κ3) is 4.01. The summed E-state index contributed by atoms with van der Waals surface area (Å²) in [4.78, 5) is 25.6. The summed E-state index contributed by atoms with van der Waals surface area (Å²) >= 11 is 0. The van der Waals surface area contributed by atoms with Gasteiger partial charge in [-0.3, -0.25) is 9.59 Å². The van der Waals surface area contributed by atoms with Crippen molar-refractivity contribution in [2.75, 3.05) is 5.32 Å². The van der Waals surface area contributed by atoms with Crippen molar-refractivity contribution in [3.05, 3.63) is 81.1 Å². The fraction of sp³-hybridized carbons (Fsp3) is 0.250. The smallest absolute Gasteiger partial charge is 0.270 e. The number of aryl methyl sites for hydroxylation is 1. The zero-order valence-electron chi connectivity index (χ0n) is 16.8. The van der Waals surface area contributed by atoms with E-state index in [1.54, 1.807) is 24.3 Å². The van der Waals surface area contributed by atoms with Gasteiger partial charge in [0.1, 0.15) is 6.54 Å². The molecule has 30 heavy (non-hydrogen) atoms. The SMILES string of the molecule is Cc1ccc(-c2nn(CC(=O)Nc3cccc(C#N)c3)c(=O)c3c2CCCC3)cc1. The van der Waals surface area contributed by atoms with Crippen molar-refractivity contribution in [2.24, 2.45) is 0 Å². The summed E-state index contributed by atoms with van der Waals surface area (Å²) in [5, 5.41) is 16.4. The van der Waals surface area contributed by atoms with E-state index in [2.05, 4.69) is 10.4 Å². The zero-order chi connectivity index (χ0) is 21.1. The molecular formula is C24H22N4O2. The van der Waals surface area contributed by atoms with Gasteiger partial charge in [0.05, 0.1) is 17.3 Å². The highest BCUT2D eigenvalue weighted by Crippen LogP contribution is 2.28. The Kier molecular flexibility index (Phi) is 5.44. The van der Waals surface area contributed by atoms with Crippen molar-refractivity contribution in [3.63, 3.8) is 0 Å². The first kappa shape index (κ1) is 19.6. The van der Waals surface area contributed by atoms with Crippen LogP contribution in [0, 0.1) is 18.3 Å². The monoisotopic (exact) mass is 398 g/mol. The summed E-state index contributed by atoms with van der Waals surface area (Å²) in [5.74, 6) is -0.356. The largest absolute Gasteiger partial charge is 0.324 e. The summed E-state index contributed by atoms with van der Waals surface area (Å²) in [6, 6.07) is 16.8. The Balaban J connectivity index is 1.68. The number of carbonyl (C=O) groups excluding carboxylic acids is 1. The highest BCUT2D eigenvalue weighted by molar-refractivity contribution is 5.90. The van der Waals surface area contributed by atoms with Gasteiger partial charge in [0, 0.05) is 16.8 Å². The van der Waals surface area contributed by atoms with Crippen LogP contribution in [-0.4, -0.2) is 15.7 Å². The highest BCUT2D eigenvalue weighted by atomic mass is 16.2. The molecule has 3 aromatic rings. The van der Waals surface area contributed by atoms with Crippen LogP contribution < -0.4 is 10.9 Å². The van der Waals surface area contributed by atoms with Gasteiger partial charge in [-0.25, -0.2) is 4.68 Å². The molecule has 2 aromatic carbocycles. The van der Waals surface area contributed by atoms with Gasteiger partial charge in [0.2, 0.25) is 5.91 Å². The molecular weight excluding hydrogens is 376 g/mol. The van der Waals surface area contributed by atoms with Gasteiger partial charge in [-0.2, -0.15) is 10.4 Å². The van der Waals surface area contributed by atoms with E-state index in [1.165, 1.54) is 4.68 Å². The minimum atomic E-state index is -0.356. The highest BCUT2D eigenvalue weighted by Gasteiger charge is 2.22. The van der Waals surface area contributed by atoms with Crippen LogP contribution >= 0.6 is 0 Å². The molecule has 0 atom stereocenters. The Hall–Kier alpha value is -3.72. The maximum Gasteiger partial charge on any atom is 0.270 e. The van der Waals surface area contributed by atoms with Crippen LogP contribution in [0.3, 0.4) is 0 Å². The van der Waals surface area contributed by atoms with Crippen molar-refractivity contribution in [2.45, 2.75) is 39.2 Å². The molecule has 0 unspecified atom stereocenters. The lowest BCUT2D eigenvalue weighted by Gasteiger charge is -2.20. The number of carbonyl (C=O) groups is 1. The normalized spacial score (nSPS) is 12.7. The topological polar surface area (TPSA) is 87.8 Å². The first-order valence-corrected chi connectivity index (χ1v) is 10.0. The Labute approximate surface area is 174 Å². The van der Waals surface area contributed by atoms with Gasteiger partial charge >= 0.3 is 0 Å². The molecule has 0 fully saturated rings. The van der Waals surface area contributed by atoms with Crippen LogP contribution in [0.1, 0.15) is 35.1 Å². The van der Waals surface area contributed by atoms with Crippen LogP contribution in [0.5, 0.6) is 0 Å². The average molecular weight is 398 g/mol. The van der Waals surface area contributed by atoms with Gasteiger partial charge in [-0.15, -0.1) is 0 Å². The Morgan fingerprint density at radius 2 is 1.87 bits per heavy atom. The summed E-state index contributed by atoms with van der Waals surface area (Å²) in [6.07, 6.45) is 3.54. The number of nitriles is 1. The third-order valence-electron chi connectivity index (χ3n) is 5.36. The Morgan fingerprint density at radius 3 is 2.60 bits per heavy atom. The molecule has 1 aromatic heterocycles. The molecule has 6 nitrogen and oxygen atoms in total. The molecule has 1 aliphatic carbocycles. The first-order valence-electron chi connectivity index (χ1n) is 10.0. The summed E-state index contributed by atoms with van der Waals surface area (Å²) in [6.45, 7) is 1.85. The number of amides is 1. The van der Waals surface area contributed by atoms with Crippen LogP contribution in [0.4, 0.5) is 5.69 Å². The number of hydrogen-bond acceptors (Lipinski definition) is 4. The number of anilines is 1. The molecule has 1 aliphatic rings. The molecule has 0 radical (unpaired) electrons. The maximum atomic E-state index is 13.0. The van der Waals surface area contributed by atoms with E-state index >= 15 is 0 Å². The maximum absolute atomic E-state index is 13.0. The molecule has 0 aliphatic heterocycles. The number of benzene rings is 2. The van der Waals surface area contributed by atoms with Crippen LogP contribution in [-0.2, 0) is 24.2 Å². The van der Waals surface area contributed by atoms with Crippen LogP contribution in [0.25, 0.3) is 11.3 Å². The fourth-order valence-corrected chi connectivity index (χ4v) is 3.84. The Morgan fingerprint density at radius 1 is 1.13 bits per heavy atom. The third-order valence-corrected chi connectivity index (χ3v) is 5.36. The Bertz CT molecular complexity index is 1200. The lowest BCUT2D eigenvalue weighted by atomic mass is 9.89. The zero-order valence-corrected chi connectivity index (χ0v) is 16.8. The second-order valence-corrected chi connectivity index (χ2v) is 7.58. The molecule has 0 bridgehead atoms. The molecule has 0 saturated heterocycles. The van der Waals surface area contributed by atoms with E-state index in [1.807, 2.05) is 37.3 Å². The van der Waals surface area contributed by atoms with Crippen molar-refractivity contribution in [1.29, 1.82) is 5.26 Å². The summed E-state index contributed by atoms with van der Waals surface area (Å²) < 4.78 is 1.27. The number of aromatic nitrogens is 2. The van der Waals surface area contributed by atoms with E-state index < -0.39 is 0 Å². The quantitative estimate of drug-likeness (QED) is 0.727. The predicted molar refractivity (Wildman–Crippen MR) is 115 cm³/mol. The van der Waals surface area contributed by atoms with E-state index in [0.29, 0.717) is 17.7 Å². The molecule has 150 valence electrons. The number of rotatable bonds is 4. The number of fused-ring (bicyclic) bond motifs is 1. The van der Waals surface area contributed by atoms with Gasteiger partial charge < -0.3 is 5.32 Å². The summed E-state index contributed by atoms with van der Waals surface area (Å²) in [5.41, 5.74) is 5.45.